The molecule has 2 N–H and O–H groups in total. The fourth-order valence-electron chi connectivity index (χ4n) is 1.97. The van der Waals surface area contributed by atoms with Gasteiger partial charge < -0.3 is 15.3 Å². The molecule has 6 heteroatoms. The van der Waals surface area contributed by atoms with E-state index in [1.807, 2.05) is 12.1 Å². The van der Waals surface area contributed by atoms with Crippen LogP contribution in [0.2, 0.25) is 0 Å². The van der Waals surface area contributed by atoms with Crippen molar-refractivity contribution in [3.8, 4) is 0 Å². The van der Waals surface area contributed by atoms with Crippen LogP contribution in [0, 0.1) is 5.92 Å². The average Bonchev–Trinajstić information content (AvgIpc) is 3.22. The van der Waals surface area contributed by atoms with Gasteiger partial charge in [-0.3, -0.25) is 9.78 Å². The number of aliphatic carboxylic acids is 1. The number of nitrogens with zero attached hydrogens (tertiary/aromatic N) is 2. The molecule has 1 heterocycles. The van der Waals surface area contributed by atoms with E-state index < -0.39 is 5.97 Å². The molecule has 1 aromatic heterocycles. The molecule has 2 rings (SSSR count). The van der Waals surface area contributed by atoms with Crippen molar-refractivity contribution in [2.75, 3.05) is 19.6 Å². The van der Waals surface area contributed by atoms with Crippen molar-refractivity contribution >= 4 is 12.0 Å². The monoisotopic (exact) mass is 277 g/mol. The summed E-state index contributed by atoms with van der Waals surface area (Å²) in [6.45, 7) is 0.786. The highest BCUT2D eigenvalue weighted by atomic mass is 16.4. The zero-order valence-corrected chi connectivity index (χ0v) is 11.3. The quantitative estimate of drug-likeness (QED) is 0.782. The fourth-order valence-corrected chi connectivity index (χ4v) is 1.97. The van der Waals surface area contributed by atoms with Crippen LogP contribution in [0.5, 0.6) is 0 Å². The largest absolute Gasteiger partial charge is 0.480 e. The summed E-state index contributed by atoms with van der Waals surface area (Å²) in [5, 5.41) is 11.6. The highest BCUT2D eigenvalue weighted by Crippen LogP contribution is 2.29. The molecule has 20 heavy (non-hydrogen) atoms. The van der Waals surface area contributed by atoms with Crippen molar-refractivity contribution in [1.29, 1.82) is 0 Å². The third-order valence-electron chi connectivity index (χ3n) is 3.23. The van der Waals surface area contributed by atoms with Gasteiger partial charge >= 0.3 is 12.0 Å². The van der Waals surface area contributed by atoms with Gasteiger partial charge in [0.25, 0.3) is 0 Å². The lowest BCUT2D eigenvalue weighted by Crippen LogP contribution is -2.44. The number of rotatable bonds is 7. The predicted molar refractivity (Wildman–Crippen MR) is 73.3 cm³/mol. The number of carbonyl (C=O) groups is 2. The molecule has 0 unspecified atom stereocenters. The highest BCUT2D eigenvalue weighted by molar-refractivity contribution is 5.80. The molecule has 1 fully saturated rings. The minimum absolute atomic E-state index is 0.239. The Morgan fingerprint density at radius 3 is 2.65 bits per heavy atom. The molecule has 1 aromatic rings. The first-order valence-corrected chi connectivity index (χ1v) is 6.78. The number of nitrogens with one attached hydrogen (secondary N) is 1. The number of hydrogen-bond donors (Lipinski definition) is 2. The molecule has 108 valence electrons. The molecule has 0 aromatic carbocycles. The molecule has 0 saturated heterocycles. The fraction of sp³-hybridized carbons (Fsp3) is 0.500. The summed E-state index contributed by atoms with van der Waals surface area (Å²) in [5.74, 6) is -0.504. The van der Waals surface area contributed by atoms with Gasteiger partial charge in [0.1, 0.15) is 6.54 Å². The number of urea groups is 1. The summed E-state index contributed by atoms with van der Waals surface area (Å²) in [6, 6.07) is 3.49. The summed E-state index contributed by atoms with van der Waals surface area (Å²) in [6.07, 6.45) is 6.29. The Balaban J connectivity index is 1.76. The van der Waals surface area contributed by atoms with Crippen molar-refractivity contribution in [3.05, 3.63) is 30.1 Å². The van der Waals surface area contributed by atoms with Crippen molar-refractivity contribution in [3.63, 3.8) is 0 Å². The van der Waals surface area contributed by atoms with E-state index in [0.29, 0.717) is 25.4 Å². The Bertz CT molecular complexity index is 460. The van der Waals surface area contributed by atoms with Crippen molar-refractivity contribution in [2.45, 2.75) is 19.3 Å². The molecule has 1 aliphatic rings. The first-order chi connectivity index (χ1) is 9.65. The van der Waals surface area contributed by atoms with Crippen LogP contribution in [-0.2, 0) is 11.2 Å². The van der Waals surface area contributed by atoms with Crippen LogP contribution >= 0.6 is 0 Å². The summed E-state index contributed by atoms with van der Waals surface area (Å²) >= 11 is 0. The second-order valence-electron chi connectivity index (χ2n) is 5.06. The molecule has 0 atom stereocenters. The first-order valence-electron chi connectivity index (χ1n) is 6.78. The maximum atomic E-state index is 12.0. The van der Waals surface area contributed by atoms with Crippen LogP contribution in [0.25, 0.3) is 0 Å². The molecule has 0 radical (unpaired) electrons. The molecular formula is C14H19N3O3. The Hall–Kier alpha value is -2.11. The Morgan fingerprint density at radius 2 is 2.05 bits per heavy atom. The number of aromatic nitrogens is 1. The number of pyridine rings is 1. The molecule has 6 nitrogen and oxygen atoms in total. The first kappa shape index (κ1) is 14.3. The molecular weight excluding hydrogens is 258 g/mol. The normalized spacial score (nSPS) is 13.8. The van der Waals surface area contributed by atoms with E-state index in [1.165, 1.54) is 4.90 Å². The third-order valence-corrected chi connectivity index (χ3v) is 3.23. The van der Waals surface area contributed by atoms with Gasteiger partial charge in [-0.25, -0.2) is 4.79 Å². The van der Waals surface area contributed by atoms with E-state index in [1.54, 1.807) is 12.4 Å². The zero-order chi connectivity index (χ0) is 14.4. The van der Waals surface area contributed by atoms with Gasteiger partial charge in [0.05, 0.1) is 0 Å². The second-order valence-corrected chi connectivity index (χ2v) is 5.06. The van der Waals surface area contributed by atoms with Crippen LogP contribution in [-0.4, -0.2) is 46.6 Å². The summed E-state index contributed by atoms with van der Waals surface area (Å²) in [5.41, 5.74) is 1.09. The molecule has 2 amide bonds. The number of carboxylic acids is 1. The van der Waals surface area contributed by atoms with Gasteiger partial charge in [-0.05, 0) is 42.9 Å². The van der Waals surface area contributed by atoms with Crippen molar-refractivity contribution < 1.29 is 14.7 Å². The van der Waals surface area contributed by atoms with Gasteiger partial charge in [0, 0.05) is 25.5 Å². The van der Waals surface area contributed by atoms with E-state index in [-0.39, 0.29) is 12.6 Å². The Kier molecular flexibility index (Phi) is 4.92. The van der Waals surface area contributed by atoms with E-state index in [9.17, 15) is 9.59 Å². The molecule has 1 aliphatic carbocycles. The van der Waals surface area contributed by atoms with Crippen molar-refractivity contribution in [2.24, 2.45) is 5.92 Å². The summed E-state index contributed by atoms with van der Waals surface area (Å²) < 4.78 is 0. The smallest absolute Gasteiger partial charge is 0.323 e. The molecule has 0 bridgehead atoms. The van der Waals surface area contributed by atoms with Crippen LogP contribution in [0.15, 0.2) is 24.5 Å². The maximum absolute atomic E-state index is 12.0. The highest BCUT2D eigenvalue weighted by Gasteiger charge is 2.27. The van der Waals surface area contributed by atoms with E-state index in [0.717, 1.165) is 18.4 Å². The minimum atomic E-state index is -0.977. The predicted octanol–water partition coefficient (Wildman–Crippen LogP) is 1.13. The zero-order valence-electron chi connectivity index (χ0n) is 11.3. The van der Waals surface area contributed by atoms with E-state index >= 15 is 0 Å². The average molecular weight is 277 g/mol. The number of carboxylic acid groups (broad SMARTS) is 1. The number of amides is 2. The number of hydrogen-bond acceptors (Lipinski definition) is 3. The lowest BCUT2D eigenvalue weighted by atomic mass is 10.2. The lowest BCUT2D eigenvalue weighted by molar-refractivity contribution is -0.137. The van der Waals surface area contributed by atoms with Crippen LogP contribution < -0.4 is 5.32 Å². The summed E-state index contributed by atoms with van der Waals surface area (Å²) in [7, 11) is 0. The topological polar surface area (TPSA) is 82.5 Å². The van der Waals surface area contributed by atoms with E-state index in [2.05, 4.69) is 10.3 Å². The van der Waals surface area contributed by atoms with Gasteiger partial charge in [-0.1, -0.05) is 0 Å². The van der Waals surface area contributed by atoms with Gasteiger partial charge in [-0.15, -0.1) is 0 Å². The number of carbonyl (C=O) groups excluding carboxylic acids is 1. The Labute approximate surface area is 117 Å². The van der Waals surface area contributed by atoms with Gasteiger partial charge in [-0.2, -0.15) is 0 Å². The molecule has 0 aliphatic heterocycles. The van der Waals surface area contributed by atoms with Crippen LogP contribution in [0.4, 0.5) is 4.79 Å². The molecule has 0 spiro atoms. The summed E-state index contributed by atoms with van der Waals surface area (Å²) in [4.78, 5) is 28.1. The molecule has 1 saturated carbocycles. The minimum Gasteiger partial charge on any atom is -0.480 e. The van der Waals surface area contributed by atoms with Gasteiger partial charge in [0.2, 0.25) is 0 Å². The Morgan fingerprint density at radius 1 is 1.35 bits per heavy atom. The van der Waals surface area contributed by atoms with E-state index in [4.69, 9.17) is 5.11 Å². The van der Waals surface area contributed by atoms with Crippen LogP contribution in [0.3, 0.4) is 0 Å². The standard InChI is InChI=1S/C14H19N3O3/c18-13(19)10-17(9-12-1-2-12)14(20)16-8-5-11-3-6-15-7-4-11/h3-4,6-7,12H,1-2,5,8-10H2,(H,16,20)(H,18,19). The SMILES string of the molecule is O=C(O)CN(CC1CC1)C(=O)NCCc1ccncc1. The maximum Gasteiger partial charge on any atom is 0.323 e. The van der Waals surface area contributed by atoms with Crippen LogP contribution in [0.1, 0.15) is 18.4 Å². The van der Waals surface area contributed by atoms with Gasteiger partial charge in [0.15, 0.2) is 0 Å². The third kappa shape index (κ3) is 4.87. The lowest BCUT2D eigenvalue weighted by Gasteiger charge is -2.21. The second kappa shape index (κ2) is 6.88. The van der Waals surface area contributed by atoms with Crippen molar-refractivity contribution in [1.82, 2.24) is 15.2 Å².